The Balaban J connectivity index is 2.01. The average Bonchev–Trinajstić information content (AvgIpc) is 2.62. The first-order chi connectivity index (χ1) is 7.70. The highest BCUT2D eigenvalue weighted by Crippen LogP contribution is 2.16. The SMILES string of the molecule is COc1ccc(CN2CC[C@@H](N)C2=O)cc1. The fourth-order valence-electron chi connectivity index (χ4n) is 1.87. The number of benzene rings is 1. The molecule has 0 spiro atoms. The Morgan fingerprint density at radius 1 is 1.44 bits per heavy atom. The van der Waals surface area contributed by atoms with Gasteiger partial charge in [-0.05, 0) is 24.1 Å². The maximum Gasteiger partial charge on any atom is 0.239 e. The van der Waals surface area contributed by atoms with Crippen LogP contribution in [0.3, 0.4) is 0 Å². The molecule has 2 N–H and O–H groups in total. The van der Waals surface area contributed by atoms with Crippen LogP contribution in [0.1, 0.15) is 12.0 Å². The quantitative estimate of drug-likeness (QED) is 0.818. The van der Waals surface area contributed by atoms with E-state index in [-0.39, 0.29) is 11.9 Å². The van der Waals surface area contributed by atoms with Crippen molar-refractivity contribution in [1.82, 2.24) is 4.90 Å². The molecule has 2 rings (SSSR count). The predicted molar refractivity (Wildman–Crippen MR) is 61.0 cm³/mol. The van der Waals surface area contributed by atoms with Crippen molar-refractivity contribution in [3.8, 4) is 5.75 Å². The number of rotatable bonds is 3. The summed E-state index contributed by atoms with van der Waals surface area (Å²) in [6, 6.07) is 7.43. The van der Waals surface area contributed by atoms with Gasteiger partial charge in [0.05, 0.1) is 13.2 Å². The predicted octanol–water partition coefficient (Wildman–Crippen LogP) is 0.755. The van der Waals surface area contributed by atoms with E-state index in [9.17, 15) is 4.79 Å². The number of nitrogens with two attached hydrogens (primary N) is 1. The van der Waals surface area contributed by atoms with Crippen molar-refractivity contribution in [2.45, 2.75) is 19.0 Å². The fraction of sp³-hybridized carbons (Fsp3) is 0.417. The summed E-state index contributed by atoms with van der Waals surface area (Å²) in [6.07, 6.45) is 0.759. The average molecular weight is 220 g/mol. The minimum absolute atomic E-state index is 0.0517. The van der Waals surface area contributed by atoms with Crippen LogP contribution >= 0.6 is 0 Å². The van der Waals surface area contributed by atoms with E-state index in [1.807, 2.05) is 24.3 Å². The van der Waals surface area contributed by atoms with Gasteiger partial charge in [0.25, 0.3) is 0 Å². The van der Waals surface area contributed by atoms with Crippen molar-refractivity contribution in [2.24, 2.45) is 5.73 Å². The molecule has 0 unspecified atom stereocenters. The van der Waals surface area contributed by atoms with Crippen LogP contribution in [0.25, 0.3) is 0 Å². The van der Waals surface area contributed by atoms with Crippen LogP contribution in [0.2, 0.25) is 0 Å². The van der Waals surface area contributed by atoms with Crippen molar-refractivity contribution in [2.75, 3.05) is 13.7 Å². The molecule has 1 heterocycles. The summed E-state index contributed by atoms with van der Waals surface area (Å²) in [5.41, 5.74) is 6.76. The van der Waals surface area contributed by atoms with Crippen molar-refractivity contribution in [1.29, 1.82) is 0 Å². The van der Waals surface area contributed by atoms with Gasteiger partial charge in [0.1, 0.15) is 5.75 Å². The molecule has 1 aliphatic rings. The number of amides is 1. The lowest BCUT2D eigenvalue weighted by molar-refractivity contribution is -0.129. The molecule has 1 atom stereocenters. The van der Waals surface area contributed by atoms with E-state index in [2.05, 4.69) is 0 Å². The summed E-state index contributed by atoms with van der Waals surface area (Å²) in [5.74, 6) is 0.879. The van der Waals surface area contributed by atoms with Crippen molar-refractivity contribution in [3.05, 3.63) is 29.8 Å². The first kappa shape index (κ1) is 11.0. The van der Waals surface area contributed by atoms with Gasteiger partial charge in [-0.15, -0.1) is 0 Å². The van der Waals surface area contributed by atoms with Gasteiger partial charge in [0.2, 0.25) is 5.91 Å². The third kappa shape index (κ3) is 2.17. The number of ether oxygens (including phenoxy) is 1. The molecule has 1 fully saturated rings. The Morgan fingerprint density at radius 2 is 2.12 bits per heavy atom. The molecule has 4 nitrogen and oxygen atoms in total. The fourth-order valence-corrected chi connectivity index (χ4v) is 1.87. The molecule has 1 aromatic rings. The summed E-state index contributed by atoms with van der Waals surface area (Å²) in [7, 11) is 1.64. The lowest BCUT2D eigenvalue weighted by Crippen LogP contribution is -2.33. The van der Waals surface area contributed by atoms with Crippen LogP contribution in [0, 0.1) is 0 Å². The minimum atomic E-state index is -0.307. The van der Waals surface area contributed by atoms with E-state index in [4.69, 9.17) is 10.5 Å². The molecule has 1 saturated heterocycles. The van der Waals surface area contributed by atoms with Gasteiger partial charge in [-0.2, -0.15) is 0 Å². The zero-order chi connectivity index (χ0) is 11.5. The number of likely N-dealkylation sites (tertiary alicyclic amines) is 1. The molecular weight excluding hydrogens is 204 g/mol. The van der Waals surface area contributed by atoms with Gasteiger partial charge < -0.3 is 15.4 Å². The van der Waals surface area contributed by atoms with Crippen LogP contribution in [0.5, 0.6) is 5.75 Å². The molecule has 0 aromatic heterocycles. The maximum atomic E-state index is 11.6. The number of hydrogen-bond acceptors (Lipinski definition) is 3. The number of carbonyl (C=O) groups excluding carboxylic acids is 1. The Bertz CT molecular complexity index is 375. The highest BCUT2D eigenvalue weighted by Gasteiger charge is 2.28. The lowest BCUT2D eigenvalue weighted by Gasteiger charge is -2.16. The molecule has 0 bridgehead atoms. The molecule has 0 radical (unpaired) electrons. The van der Waals surface area contributed by atoms with E-state index in [1.165, 1.54) is 0 Å². The standard InChI is InChI=1S/C12H16N2O2/c1-16-10-4-2-9(3-5-10)8-14-7-6-11(13)12(14)15/h2-5,11H,6-8,13H2,1H3/t11-/m1/s1. The van der Waals surface area contributed by atoms with Crippen LogP contribution in [-0.2, 0) is 11.3 Å². The molecule has 1 aliphatic heterocycles. The van der Waals surface area contributed by atoms with Gasteiger partial charge in [-0.25, -0.2) is 0 Å². The highest BCUT2D eigenvalue weighted by atomic mass is 16.5. The third-order valence-corrected chi connectivity index (χ3v) is 2.87. The number of nitrogens with zero attached hydrogens (tertiary/aromatic N) is 1. The second kappa shape index (κ2) is 4.53. The Morgan fingerprint density at radius 3 is 2.62 bits per heavy atom. The van der Waals surface area contributed by atoms with Gasteiger partial charge in [-0.1, -0.05) is 12.1 Å². The van der Waals surface area contributed by atoms with E-state index in [1.54, 1.807) is 12.0 Å². The minimum Gasteiger partial charge on any atom is -0.497 e. The normalized spacial score (nSPS) is 20.2. The second-order valence-corrected chi connectivity index (χ2v) is 4.00. The summed E-state index contributed by atoms with van der Waals surface area (Å²) in [6.45, 7) is 1.39. The molecule has 1 aromatic carbocycles. The van der Waals surface area contributed by atoms with Crippen LogP contribution < -0.4 is 10.5 Å². The molecule has 0 saturated carbocycles. The number of methoxy groups -OCH3 is 1. The molecule has 16 heavy (non-hydrogen) atoms. The smallest absolute Gasteiger partial charge is 0.239 e. The van der Waals surface area contributed by atoms with Crippen LogP contribution in [0.4, 0.5) is 0 Å². The Hall–Kier alpha value is -1.55. The third-order valence-electron chi connectivity index (χ3n) is 2.87. The lowest BCUT2D eigenvalue weighted by atomic mass is 10.2. The first-order valence-electron chi connectivity index (χ1n) is 5.38. The summed E-state index contributed by atoms with van der Waals surface area (Å²) in [4.78, 5) is 13.4. The highest BCUT2D eigenvalue weighted by molar-refractivity contribution is 5.83. The molecule has 0 aliphatic carbocycles. The van der Waals surface area contributed by atoms with E-state index >= 15 is 0 Å². The summed E-state index contributed by atoms with van der Waals surface area (Å²) in [5, 5.41) is 0. The monoisotopic (exact) mass is 220 g/mol. The van der Waals surface area contributed by atoms with Crippen LogP contribution in [-0.4, -0.2) is 30.5 Å². The largest absolute Gasteiger partial charge is 0.497 e. The summed E-state index contributed by atoms with van der Waals surface area (Å²) < 4.78 is 5.08. The van der Waals surface area contributed by atoms with Gasteiger partial charge in [-0.3, -0.25) is 4.79 Å². The zero-order valence-electron chi connectivity index (χ0n) is 9.35. The number of carbonyl (C=O) groups is 1. The van der Waals surface area contributed by atoms with E-state index < -0.39 is 0 Å². The van der Waals surface area contributed by atoms with Gasteiger partial charge in [0, 0.05) is 13.1 Å². The topological polar surface area (TPSA) is 55.6 Å². The second-order valence-electron chi connectivity index (χ2n) is 4.00. The van der Waals surface area contributed by atoms with Crippen molar-refractivity contribution < 1.29 is 9.53 Å². The molecule has 4 heteroatoms. The van der Waals surface area contributed by atoms with Gasteiger partial charge in [0.15, 0.2) is 0 Å². The first-order valence-corrected chi connectivity index (χ1v) is 5.38. The number of hydrogen-bond donors (Lipinski definition) is 1. The molecular formula is C12H16N2O2. The summed E-state index contributed by atoms with van der Waals surface area (Å²) >= 11 is 0. The van der Waals surface area contributed by atoms with E-state index in [0.29, 0.717) is 6.54 Å². The zero-order valence-corrected chi connectivity index (χ0v) is 9.35. The molecule has 1 amide bonds. The van der Waals surface area contributed by atoms with Crippen LogP contribution in [0.15, 0.2) is 24.3 Å². The van der Waals surface area contributed by atoms with Crippen molar-refractivity contribution >= 4 is 5.91 Å². The maximum absolute atomic E-state index is 11.6. The molecule has 86 valence electrons. The van der Waals surface area contributed by atoms with Gasteiger partial charge >= 0.3 is 0 Å². The Labute approximate surface area is 95.0 Å². The van der Waals surface area contributed by atoms with E-state index in [0.717, 1.165) is 24.3 Å². The van der Waals surface area contributed by atoms with Crippen molar-refractivity contribution in [3.63, 3.8) is 0 Å². The Kier molecular flexibility index (Phi) is 3.10.